The van der Waals surface area contributed by atoms with E-state index in [4.69, 9.17) is 4.74 Å². The number of nitrogens with one attached hydrogen (secondary N) is 1. The van der Waals surface area contributed by atoms with E-state index in [0.29, 0.717) is 6.61 Å². The number of hydrogen-bond acceptors (Lipinski definition) is 3. The van der Waals surface area contributed by atoms with Gasteiger partial charge in [-0.1, -0.05) is 25.1 Å². The molecule has 2 unspecified atom stereocenters. The van der Waals surface area contributed by atoms with E-state index in [1.807, 2.05) is 24.3 Å². The zero-order valence-corrected chi connectivity index (χ0v) is 10.6. The summed E-state index contributed by atoms with van der Waals surface area (Å²) in [5, 5.41) is 13.2. The summed E-state index contributed by atoms with van der Waals surface area (Å²) in [6, 6.07) is 10.4. The van der Waals surface area contributed by atoms with Crippen LogP contribution in [-0.4, -0.2) is 13.2 Å². The summed E-state index contributed by atoms with van der Waals surface area (Å²) in [4.78, 5) is 0. The Morgan fingerprint density at radius 2 is 2.22 bits per heavy atom. The molecule has 3 nitrogen and oxygen atoms in total. The molecule has 18 heavy (non-hydrogen) atoms. The highest BCUT2D eigenvalue weighted by Gasteiger charge is 2.44. The van der Waals surface area contributed by atoms with Crippen molar-refractivity contribution in [2.45, 2.75) is 25.3 Å². The summed E-state index contributed by atoms with van der Waals surface area (Å²) in [5.74, 6) is 1.77. The molecule has 1 heterocycles. The van der Waals surface area contributed by atoms with Gasteiger partial charge in [0.15, 0.2) is 0 Å². The fourth-order valence-electron chi connectivity index (χ4n) is 2.63. The molecule has 0 radical (unpaired) electrons. The van der Waals surface area contributed by atoms with Gasteiger partial charge in [0, 0.05) is 11.5 Å². The van der Waals surface area contributed by atoms with Crippen LogP contribution in [0.1, 0.15) is 25.3 Å². The topological polar surface area (TPSA) is 45.0 Å². The van der Waals surface area contributed by atoms with Crippen LogP contribution in [0.25, 0.3) is 0 Å². The van der Waals surface area contributed by atoms with Crippen molar-refractivity contribution in [3.05, 3.63) is 29.8 Å². The first kappa shape index (κ1) is 11.6. The minimum absolute atomic E-state index is 0.163. The zero-order chi connectivity index (χ0) is 12.6. The first-order valence-electron chi connectivity index (χ1n) is 6.65. The molecule has 3 heteroatoms. The van der Waals surface area contributed by atoms with E-state index in [2.05, 4.69) is 18.3 Å². The van der Waals surface area contributed by atoms with Gasteiger partial charge in [-0.25, -0.2) is 0 Å². The third-order valence-corrected chi connectivity index (χ3v) is 4.08. The molecule has 2 aliphatic rings. The molecular formula is C15H18N2O. The summed E-state index contributed by atoms with van der Waals surface area (Å²) in [6.45, 7) is 3.62. The maximum Gasteiger partial charge on any atom is 0.141 e. The number of para-hydroxylation sites is 1. The van der Waals surface area contributed by atoms with Crippen LogP contribution in [0.5, 0.6) is 5.75 Å². The van der Waals surface area contributed by atoms with Gasteiger partial charge in [0.25, 0.3) is 0 Å². The van der Waals surface area contributed by atoms with Gasteiger partial charge in [-0.2, -0.15) is 5.26 Å². The summed E-state index contributed by atoms with van der Waals surface area (Å²) in [5.41, 5.74) is 0.407. The van der Waals surface area contributed by atoms with Crippen LogP contribution in [0.15, 0.2) is 24.3 Å². The van der Waals surface area contributed by atoms with E-state index in [0.717, 1.165) is 23.8 Å². The number of nitrogens with zero attached hydrogens (tertiary/aromatic N) is 1. The van der Waals surface area contributed by atoms with Crippen LogP contribution in [0, 0.1) is 23.2 Å². The van der Waals surface area contributed by atoms with Gasteiger partial charge in [-0.05, 0) is 31.4 Å². The Bertz CT molecular complexity index is 490. The van der Waals surface area contributed by atoms with Crippen molar-refractivity contribution in [2.75, 3.05) is 13.2 Å². The standard InChI is InChI=1S/C15H18N2O/c1-11-9-18-14-5-3-2-4-13(14)15(11,10-16)17-8-12-6-7-12/h2-5,11-12,17H,6-9H2,1H3. The molecule has 1 aromatic rings. The number of nitriles is 1. The van der Waals surface area contributed by atoms with Crippen molar-refractivity contribution in [2.24, 2.45) is 11.8 Å². The van der Waals surface area contributed by atoms with Gasteiger partial charge in [-0.3, -0.25) is 5.32 Å². The molecular weight excluding hydrogens is 224 g/mol. The normalized spacial score (nSPS) is 30.1. The predicted octanol–water partition coefficient (Wildman–Crippen LogP) is 2.43. The van der Waals surface area contributed by atoms with Crippen LogP contribution < -0.4 is 10.1 Å². The number of hydrogen-bond donors (Lipinski definition) is 1. The molecule has 2 atom stereocenters. The Labute approximate surface area is 108 Å². The van der Waals surface area contributed by atoms with Crippen molar-refractivity contribution >= 4 is 0 Å². The number of rotatable bonds is 3. The highest BCUT2D eigenvalue weighted by atomic mass is 16.5. The third kappa shape index (κ3) is 1.77. The lowest BCUT2D eigenvalue weighted by atomic mass is 9.78. The largest absolute Gasteiger partial charge is 0.493 e. The van der Waals surface area contributed by atoms with Gasteiger partial charge in [0.2, 0.25) is 0 Å². The lowest BCUT2D eigenvalue weighted by Crippen LogP contribution is -2.51. The second-order valence-corrected chi connectivity index (χ2v) is 5.45. The van der Waals surface area contributed by atoms with Crippen molar-refractivity contribution in [3.63, 3.8) is 0 Å². The number of fused-ring (bicyclic) bond motifs is 1. The van der Waals surface area contributed by atoms with E-state index in [9.17, 15) is 5.26 Å². The Morgan fingerprint density at radius 3 is 2.94 bits per heavy atom. The Balaban J connectivity index is 1.97. The van der Waals surface area contributed by atoms with E-state index in [1.54, 1.807) is 0 Å². The van der Waals surface area contributed by atoms with Gasteiger partial charge in [0.05, 0.1) is 12.7 Å². The fraction of sp³-hybridized carbons (Fsp3) is 0.533. The lowest BCUT2D eigenvalue weighted by molar-refractivity contribution is 0.149. The molecule has 1 aromatic carbocycles. The Hall–Kier alpha value is -1.53. The van der Waals surface area contributed by atoms with E-state index in [1.165, 1.54) is 12.8 Å². The second-order valence-electron chi connectivity index (χ2n) is 5.45. The zero-order valence-electron chi connectivity index (χ0n) is 10.6. The molecule has 1 aliphatic carbocycles. The van der Waals surface area contributed by atoms with Crippen LogP contribution in [0.4, 0.5) is 0 Å². The minimum atomic E-state index is -0.586. The Kier molecular flexibility index (Phi) is 2.76. The first-order chi connectivity index (χ1) is 8.76. The van der Waals surface area contributed by atoms with Crippen molar-refractivity contribution in [3.8, 4) is 11.8 Å². The SMILES string of the molecule is CC1COc2ccccc2C1(C#N)NCC1CC1. The maximum absolute atomic E-state index is 9.72. The third-order valence-electron chi connectivity index (χ3n) is 4.08. The monoisotopic (exact) mass is 242 g/mol. The van der Waals surface area contributed by atoms with Gasteiger partial charge in [0.1, 0.15) is 11.3 Å². The van der Waals surface area contributed by atoms with Crippen LogP contribution >= 0.6 is 0 Å². The van der Waals surface area contributed by atoms with E-state index < -0.39 is 5.54 Å². The Morgan fingerprint density at radius 1 is 1.44 bits per heavy atom. The molecule has 3 rings (SSSR count). The number of ether oxygens (including phenoxy) is 1. The molecule has 94 valence electrons. The van der Waals surface area contributed by atoms with Crippen LogP contribution in [0.3, 0.4) is 0 Å². The minimum Gasteiger partial charge on any atom is -0.493 e. The first-order valence-corrected chi connectivity index (χ1v) is 6.65. The predicted molar refractivity (Wildman–Crippen MR) is 69.1 cm³/mol. The van der Waals surface area contributed by atoms with Crippen molar-refractivity contribution in [1.29, 1.82) is 5.26 Å². The molecule has 1 saturated carbocycles. The molecule has 1 aliphatic heterocycles. The molecule has 1 N–H and O–H groups in total. The van der Waals surface area contributed by atoms with Crippen LogP contribution in [0.2, 0.25) is 0 Å². The quantitative estimate of drug-likeness (QED) is 0.885. The van der Waals surface area contributed by atoms with Crippen molar-refractivity contribution < 1.29 is 4.74 Å². The lowest BCUT2D eigenvalue weighted by Gasteiger charge is -2.39. The second kappa shape index (κ2) is 4.29. The van der Waals surface area contributed by atoms with Gasteiger partial charge < -0.3 is 4.74 Å². The summed E-state index contributed by atoms with van der Waals surface area (Å²) in [7, 11) is 0. The van der Waals surface area contributed by atoms with Crippen LogP contribution in [-0.2, 0) is 5.54 Å². The van der Waals surface area contributed by atoms with E-state index >= 15 is 0 Å². The average molecular weight is 242 g/mol. The number of benzene rings is 1. The highest BCUT2D eigenvalue weighted by Crippen LogP contribution is 2.40. The molecule has 1 fully saturated rings. The van der Waals surface area contributed by atoms with Crippen molar-refractivity contribution in [1.82, 2.24) is 5.32 Å². The highest BCUT2D eigenvalue weighted by molar-refractivity contribution is 5.45. The van der Waals surface area contributed by atoms with E-state index in [-0.39, 0.29) is 5.92 Å². The molecule has 0 saturated heterocycles. The smallest absolute Gasteiger partial charge is 0.141 e. The summed E-state index contributed by atoms with van der Waals surface area (Å²) in [6.07, 6.45) is 2.59. The molecule has 0 aromatic heterocycles. The molecule has 0 spiro atoms. The van der Waals surface area contributed by atoms with Gasteiger partial charge in [-0.15, -0.1) is 0 Å². The maximum atomic E-state index is 9.72. The molecule has 0 amide bonds. The fourth-order valence-corrected chi connectivity index (χ4v) is 2.63. The summed E-state index contributed by atoms with van der Waals surface area (Å²) >= 11 is 0. The summed E-state index contributed by atoms with van der Waals surface area (Å²) < 4.78 is 5.72. The van der Waals surface area contributed by atoms with Gasteiger partial charge >= 0.3 is 0 Å². The average Bonchev–Trinajstić information content (AvgIpc) is 3.22. The molecule has 0 bridgehead atoms.